The molecule has 1 fully saturated rings. The van der Waals surface area contributed by atoms with Gasteiger partial charge in [-0.2, -0.15) is 0 Å². The van der Waals surface area contributed by atoms with Gasteiger partial charge in [-0.05, 0) is 49.5 Å². The predicted molar refractivity (Wildman–Crippen MR) is 108 cm³/mol. The van der Waals surface area contributed by atoms with E-state index in [0.29, 0.717) is 12.0 Å². The summed E-state index contributed by atoms with van der Waals surface area (Å²) < 4.78 is 11.4. The molecule has 2 aromatic carbocycles. The van der Waals surface area contributed by atoms with Crippen molar-refractivity contribution in [2.24, 2.45) is 5.92 Å². The van der Waals surface area contributed by atoms with Crippen molar-refractivity contribution in [1.82, 2.24) is 10.2 Å². The monoisotopic (exact) mass is 366 g/mol. The molecule has 4 nitrogen and oxygen atoms in total. The quantitative estimate of drug-likeness (QED) is 0.848. The van der Waals surface area contributed by atoms with Crippen LogP contribution in [0.5, 0.6) is 11.5 Å². The second kappa shape index (κ2) is 8.77. The van der Waals surface area contributed by atoms with Gasteiger partial charge in [0.1, 0.15) is 0 Å². The first-order chi connectivity index (χ1) is 13.3. The van der Waals surface area contributed by atoms with E-state index in [1.54, 1.807) is 7.11 Å². The van der Waals surface area contributed by atoms with E-state index >= 15 is 0 Å². The summed E-state index contributed by atoms with van der Waals surface area (Å²) in [5.41, 5.74) is 2.68. The number of hydrogen-bond donors (Lipinski definition) is 1. The SMILES string of the molecule is COc1cccc2c1OC[C@@H](CNC1CCN(Cc3ccccc3)CC1)C2. The highest BCUT2D eigenvalue weighted by Gasteiger charge is 2.24. The normalized spacial score (nSPS) is 20.7. The summed E-state index contributed by atoms with van der Waals surface area (Å²) in [6, 6.07) is 17.6. The number of benzene rings is 2. The van der Waals surface area contributed by atoms with Crippen LogP contribution in [-0.4, -0.2) is 44.3 Å². The van der Waals surface area contributed by atoms with Crippen molar-refractivity contribution in [2.75, 3.05) is 33.4 Å². The molecule has 2 heterocycles. The first-order valence-electron chi connectivity index (χ1n) is 10.1. The van der Waals surface area contributed by atoms with Gasteiger partial charge < -0.3 is 14.8 Å². The van der Waals surface area contributed by atoms with Gasteiger partial charge in [-0.3, -0.25) is 4.90 Å². The van der Waals surface area contributed by atoms with E-state index in [1.807, 2.05) is 6.07 Å². The third-order valence-electron chi connectivity index (χ3n) is 5.78. The minimum absolute atomic E-state index is 0.534. The van der Waals surface area contributed by atoms with Crippen LogP contribution in [0.4, 0.5) is 0 Å². The van der Waals surface area contributed by atoms with E-state index in [4.69, 9.17) is 9.47 Å². The van der Waals surface area contributed by atoms with Crippen LogP contribution in [0.25, 0.3) is 0 Å². The summed E-state index contributed by atoms with van der Waals surface area (Å²) in [5.74, 6) is 2.32. The number of methoxy groups -OCH3 is 1. The van der Waals surface area contributed by atoms with Gasteiger partial charge in [0.25, 0.3) is 0 Å². The summed E-state index contributed by atoms with van der Waals surface area (Å²) in [6.07, 6.45) is 3.52. The zero-order valence-electron chi connectivity index (χ0n) is 16.2. The predicted octanol–water partition coefficient (Wildman–Crippen LogP) is 3.50. The molecule has 4 rings (SSSR count). The van der Waals surface area contributed by atoms with Gasteiger partial charge in [-0.25, -0.2) is 0 Å². The largest absolute Gasteiger partial charge is 0.493 e. The number of para-hydroxylation sites is 1. The third-order valence-corrected chi connectivity index (χ3v) is 5.78. The van der Waals surface area contributed by atoms with Gasteiger partial charge in [0.05, 0.1) is 13.7 Å². The molecule has 0 saturated carbocycles. The van der Waals surface area contributed by atoms with Crippen molar-refractivity contribution in [3.63, 3.8) is 0 Å². The molecule has 2 aromatic rings. The fraction of sp³-hybridized carbons (Fsp3) is 0.478. The molecule has 0 aliphatic carbocycles. The van der Waals surface area contributed by atoms with E-state index in [0.717, 1.165) is 37.6 Å². The molecule has 1 N–H and O–H groups in total. The van der Waals surface area contributed by atoms with Crippen LogP contribution in [-0.2, 0) is 13.0 Å². The molecule has 144 valence electrons. The second-order valence-electron chi connectivity index (χ2n) is 7.77. The molecule has 1 saturated heterocycles. The maximum Gasteiger partial charge on any atom is 0.164 e. The average Bonchev–Trinajstić information content (AvgIpc) is 2.73. The van der Waals surface area contributed by atoms with Crippen molar-refractivity contribution in [1.29, 1.82) is 0 Å². The Bertz CT molecular complexity index is 726. The van der Waals surface area contributed by atoms with Crippen LogP contribution in [0.2, 0.25) is 0 Å². The Hall–Kier alpha value is -2.04. The molecular formula is C23H30N2O2. The van der Waals surface area contributed by atoms with Gasteiger partial charge >= 0.3 is 0 Å². The van der Waals surface area contributed by atoms with Crippen LogP contribution >= 0.6 is 0 Å². The highest BCUT2D eigenvalue weighted by molar-refractivity contribution is 5.47. The molecule has 0 spiro atoms. The lowest BCUT2D eigenvalue weighted by molar-refractivity contribution is 0.173. The van der Waals surface area contributed by atoms with E-state index in [-0.39, 0.29) is 0 Å². The Morgan fingerprint density at radius 2 is 1.89 bits per heavy atom. The number of ether oxygens (including phenoxy) is 2. The number of nitrogens with zero attached hydrogens (tertiary/aromatic N) is 1. The topological polar surface area (TPSA) is 33.7 Å². The highest BCUT2D eigenvalue weighted by atomic mass is 16.5. The number of hydrogen-bond acceptors (Lipinski definition) is 4. The van der Waals surface area contributed by atoms with Gasteiger partial charge in [0.2, 0.25) is 0 Å². The standard InChI is InChI=1S/C23H30N2O2/c1-26-22-9-5-8-20-14-19(17-27-23(20)22)15-24-21-10-12-25(13-11-21)16-18-6-3-2-4-7-18/h2-9,19,21,24H,10-17H2,1H3/t19-/m1/s1. The molecular weight excluding hydrogens is 336 g/mol. The third kappa shape index (κ3) is 4.63. The molecule has 0 amide bonds. The Labute approximate surface area is 162 Å². The molecule has 2 aliphatic rings. The Kier molecular flexibility index (Phi) is 5.95. The molecule has 2 aliphatic heterocycles. The number of likely N-dealkylation sites (tertiary alicyclic amines) is 1. The lowest BCUT2D eigenvalue weighted by Gasteiger charge is -2.34. The summed E-state index contributed by atoms with van der Waals surface area (Å²) in [5, 5.41) is 3.80. The molecule has 0 unspecified atom stereocenters. The fourth-order valence-corrected chi connectivity index (χ4v) is 4.22. The van der Waals surface area contributed by atoms with Crippen molar-refractivity contribution < 1.29 is 9.47 Å². The van der Waals surface area contributed by atoms with E-state index in [9.17, 15) is 0 Å². The molecule has 0 bridgehead atoms. The summed E-state index contributed by atoms with van der Waals surface area (Å²) in [6.45, 7) is 5.22. The van der Waals surface area contributed by atoms with Gasteiger partial charge in [0.15, 0.2) is 11.5 Å². The second-order valence-corrected chi connectivity index (χ2v) is 7.77. The zero-order chi connectivity index (χ0) is 18.5. The summed E-state index contributed by atoms with van der Waals surface area (Å²) in [7, 11) is 1.71. The zero-order valence-corrected chi connectivity index (χ0v) is 16.2. The van der Waals surface area contributed by atoms with Gasteiger partial charge in [-0.1, -0.05) is 42.5 Å². The molecule has 0 radical (unpaired) electrons. The van der Waals surface area contributed by atoms with Crippen molar-refractivity contribution in [3.05, 3.63) is 59.7 Å². The molecule has 4 heteroatoms. The minimum Gasteiger partial charge on any atom is -0.493 e. The number of piperidine rings is 1. The van der Waals surface area contributed by atoms with E-state index < -0.39 is 0 Å². The van der Waals surface area contributed by atoms with Crippen LogP contribution in [0, 0.1) is 5.92 Å². The first kappa shape index (κ1) is 18.3. The van der Waals surface area contributed by atoms with Crippen molar-refractivity contribution in [3.8, 4) is 11.5 Å². The fourth-order valence-electron chi connectivity index (χ4n) is 4.22. The maximum absolute atomic E-state index is 6.01. The molecule has 27 heavy (non-hydrogen) atoms. The lowest BCUT2D eigenvalue weighted by Crippen LogP contribution is -2.44. The minimum atomic E-state index is 0.534. The molecule has 0 aromatic heterocycles. The van der Waals surface area contributed by atoms with Crippen LogP contribution in [0.3, 0.4) is 0 Å². The lowest BCUT2D eigenvalue weighted by atomic mass is 9.95. The Morgan fingerprint density at radius 1 is 1.07 bits per heavy atom. The van der Waals surface area contributed by atoms with E-state index in [1.165, 1.54) is 37.1 Å². The van der Waals surface area contributed by atoms with Crippen molar-refractivity contribution in [2.45, 2.75) is 31.8 Å². The number of nitrogens with one attached hydrogen (secondary N) is 1. The van der Waals surface area contributed by atoms with E-state index in [2.05, 4.69) is 52.7 Å². The van der Waals surface area contributed by atoms with Crippen LogP contribution in [0.1, 0.15) is 24.0 Å². The van der Waals surface area contributed by atoms with Crippen LogP contribution in [0.15, 0.2) is 48.5 Å². The number of fused-ring (bicyclic) bond motifs is 1. The highest BCUT2D eigenvalue weighted by Crippen LogP contribution is 2.35. The summed E-state index contributed by atoms with van der Waals surface area (Å²) in [4.78, 5) is 2.57. The van der Waals surface area contributed by atoms with Gasteiger partial charge in [-0.15, -0.1) is 0 Å². The maximum atomic E-state index is 6.01. The summed E-state index contributed by atoms with van der Waals surface area (Å²) >= 11 is 0. The van der Waals surface area contributed by atoms with Gasteiger partial charge in [0, 0.05) is 25.0 Å². The molecule has 1 atom stereocenters. The van der Waals surface area contributed by atoms with Crippen LogP contribution < -0.4 is 14.8 Å². The first-order valence-corrected chi connectivity index (χ1v) is 10.1. The smallest absolute Gasteiger partial charge is 0.164 e. The Balaban J connectivity index is 1.21. The number of rotatable bonds is 6. The average molecular weight is 367 g/mol. The Morgan fingerprint density at radius 3 is 2.67 bits per heavy atom. The van der Waals surface area contributed by atoms with Crippen molar-refractivity contribution >= 4 is 0 Å².